The summed E-state index contributed by atoms with van der Waals surface area (Å²) in [5, 5.41) is 1.15. The third-order valence-electron chi connectivity index (χ3n) is 2.18. The number of fused-ring (bicyclic) bond motifs is 1. The van der Waals surface area contributed by atoms with Crippen molar-refractivity contribution in [2.24, 2.45) is 16.5 Å². The molecule has 0 fully saturated rings. The van der Waals surface area contributed by atoms with E-state index in [9.17, 15) is 0 Å². The van der Waals surface area contributed by atoms with Gasteiger partial charge in [0.05, 0.1) is 15.2 Å². The zero-order valence-electron chi connectivity index (χ0n) is 8.89. The van der Waals surface area contributed by atoms with Crippen molar-refractivity contribution in [2.75, 3.05) is 6.54 Å². The van der Waals surface area contributed by atoms with Crippen LogP contribution < -0.4 is 11.5 Å². The maximum absolute atomic E-state index is 5.25. The first-order chi connectivity index (χ1) is 7.75. The molecule has 84 valence electrons. The summed E-state index contributed by atoms with van der Waals surface area (Å²) in [7, 11) is 0. The lowest BCUT2D eigenvalue weighted by Gasteiger charge is -1.93. The molecule has 5 heteroatoms. The topological polar surface area (TPSA) is 77.3 Å². The van der Waals surface area contributed by atoms with E-state index in [1.807, 2.05) is 18.2 Å². The molecule has 4 N–H and O–H groups in total. The highest BCUT2D eigenvalue weighted by molar-refractivity contribution is 7.18. The zero-order chi connectivity index (χ0) is 11.4. The van der Waals surface area contributed by atoms with E-state index >= 15 is 0 Å². The summed E-state index contributed by atoms with van der Waals surface area (Å²) in [5.74, 6) is 0.157. The maximum atomic E-state index is 5.25. The Morgan fingerprint density at radius 1 is 1.31 bits per heavy atom. The molecule has 0 spiro atoms. The van der Waals surface area contributed by atoms with Gasteiger partial charge in [0, 0.05) is 13.0 Å². The maximum Gasteiger partial charge on any atom is 0.185 e. The number of rotatable bonds is 4. The Bertz CT molecular complexity index is 466. The molecule has 4 nitrogen and oxygen atoms in total. The molecule has 0 aliphatic heterocycles. The average molecular weight is 234 g/mol. The Balaban J connectivity index is 1.97. The fourth-order valence-corrected chi connectivity index (χ4v) is 2.47. The van der Waals surface area contributed by atoms with Gasteiger partial charge in [0.25, 0.3) is 0 Å². The largest absolute Gasteiger partial charge is 0.370 e. The summed E-state index contributed by atoms with van der Waals surface area (Å²) in [6.45, 7) is 0.665. The fraction of sp³-hybridized carbons (Fsp3) is 0.273. The third kappa shape index (κ3) is 2.70. The number of hydrogen-bond donors (Lipinski definition) is 2. The van der Waals surface area contributed by atoms with Crippen molar-refractivity contribution in [3.8, 4) is 0 Å². The SMILES string of the molecule is NC(N)=NCCCc1nc2ccccc2s1. The molecule has 16 heavy (non-hydrogen) atoms. The van der Waals surface area contributed by atoms with Gasteiger partial charge >= 0.3 is 0 Å². The molecule has 0 radical (unpaired) electrons. The van der Waals surface area contributed by atoms with Crippen LogP contribution in [0.1, 0.15) is 11.4 Å². The summed E-state index contributed by atoms with van der Waals surface area (Å²) >= 11 is 1.73. The van der Waals surface area contributed by atoms with E-state index in [2.05, 4.69) is 16.0 Å². The number of thiazole rings is 1. The number of aliphatic imine (C=N–C) groups is 1. The lowest BCUT2D eigenvalue weighted by Crippen LogP contribution is -2.23. The Hall–Kier alpha value is -1.62. The predicted molar refractivity (Wildman–Crippen MR) is 68.6 cm³/mol. The second kappa shape index (κ2) is 4.94. The van der Waals surface area contributed by atoms with Gasteiger partial charge in [0.2, 0.25) is 0 Å². The Labute approximate surface area is 98.0 Å². The van der Waals surface area contributed by atoms with E-state index in [1.165, 1.54) is 4.70 Å². The number of hydrogen-bond acceptors (Lipinski definition) is 3. The van der Waals surface area contributed by atoms with Crippen LogP contribution in [0.15, 0.2) is 29.3 Å². The number of nitrogens with two attached hydrogens (primary N) is 2. The van der Waals surface area contributed by atoms with Crippen LogP contribution in [0, 0.1) is 0 Å². The van der Waals surface area contributed by atoms with Gasteiger partial charge in [-0.2, -0.15) is 0 Å². The molecule has 0 saturated carbocycles. The van der Waals surface area contributed by atoms with Crippen molar-refractivity contribution in [3.63, 3.8) is 0 Å². The molecule has 0 aliphatic rings. The van der Waals surface area contributed by atoms with Crippen molar-refractivity contribution in [1.29, 1.82) is 0 Å². The van der Waals surface area contributed by atoms with Crippen LogP contribution in [0.2, 0.25) is 0 Å². The highest BCUT2D eigenvalue weighted by atomic mass is 32.1. The number of nitrogens with zero attached hydrogens (tertiary/aromatic N) is 2. The van der Waals surface area contributed by atoms with E-state index in [4.69, 9.17) is 11.5 Å². The zero-order valence-corrected chi connectivity index (χ0v) is 9.70. The summed E-state index contributed by atoms with van der Waals surface area (Å²) in [4.78, 5) is 8.48. The second-order valence-corrected chi connectivity index (χ2v) is 4.60. The van der Waals surface area contributed by atoms with Crippen molar-refractivity contribution < 1.29 is 0 Å². The minimum Gasteiger partial charge on any atom is -0.370 e. The number of guanidine groups is 1. The van der Waals surface area contributed by atoms with E-state index in [1.54, 1.807) is 11.3 Å². The average Bonchev–Trinajstić information content (AvgIpc) is 2.66. The molecule has 0 bridgehead atoms. The van der Waals surface area contributed by atoms with Crippen LogP contribution in [0.25, 0.3) is 10.2 Å². The normalized spacial score (nSPS) is 10.5. The van der Waals surface area contributed by atoms with Crippen molar-refractivity contribution in [2.45, 2.75) is 12.8 Å². The molecule has 0 unspecified atom stereocenters. The highest BCUT2D eigenvalue weighted by Gasteiger charge is 2.01. The first-order valence-corrected chi connectivity index (χ1v) is 5.97. The minimum absolute atomic E-state index is 0.157. The fourth-order valence-electron chi connectivity index (χ4n) is 1.47. The van der Waals surface area contributed by atoms with Gasteiger partial charge in [0.1, 0.15) is 0 Å². The first-order valence-electron chi connectivity index (χ1n) is 5.15. The molecular formula is C11H14N4S. The van der Waals surface area contributed by atoms with Gasteiger partial charge in [-0.3, -0.25) is 4.99 Å². The molecule has 0 aliphatic carbocycles. The monoisotopic (exact) mass is 234 g/mol. The second-order valence-electron chi connectivity index (χ2n) is 3.49. The number of para-hydroxylation sites is 1. The summed E-state index contributed by atoms with van der Waals surface area (Å²) in [6, 6.07) is 8.16. The van der Waals surface area contributed by atoms with Crippen molar-refractivity contribution >= 4 is 27.5 Å². The van der Waals surface area contributed by atoms with Gasteiger partial charge < -0.3 is 11.5 Å². The van der Waals surface area contributed by atoms with Gasteiger partial charge in [0.15, 0.2) is 5.96 Å². The predicted octanol–water partition coefficient (Wildman–Crippen LogP) is 1.50. The standard InChI is InChI=1S/C11H14N4S/c12-11(13)14-7-3-6-10-15-8-4-1-2-5-9(8)16-10/h1-2,4-5H,3,6-7H2,(H4,12,13,14). The van der Waals surface area contributed by atoms with E-state index < -0.39 is 0 Å². The molecular weight excluding hydrogens is 220 g/mol. The van der Waals surface area contributed by atoms with Crippen LogP contribution in [0.4, 0.5) is 0 Å². The van der Waals surface area contributed by atoms with Gasteiger partial charge in [-0.25, -0.2) is 4.98 Å². The van der Waals surface area contributed by atoms with Crippen LogP contribution in [0.3, 0.4) is 0 Å². The molecule has 0 saturated heterocycles. The Morgan fingerprint density at radius 2 is 2.12 bits per heavy atom. The minimum atomic E-state index is 0.157. The van der Waals surface area contributed by atoms with Gasteiger partial charge in [-0.05, 0) is 18.6 Å². The van der Waals surface area contributed by atoms with E-state index in [0.717, 1.165) is 23.4 Å². The molecule has 1 aromatic heterocycles. The first kappa shape index (κ1) is 10.9. The lowest BCUT2D eigenvalue weighted by molar-refractivity contribution is 0.827. The molecule has 0 atom stereocenters. The smallest absolute Gasteiger partial charge is 0.185 e. The van der Waals surface area contributed by atoms with E-state index in [0.29, 0.717) is 6.54 Å². The van der Waals surface area contributed by atoms with Crippen molar-refractivity contribution in [1.82, 2.24) is 4.98 Å². The summed E-state index contributed by atoms with van der Waals surface area (Å²) < 4.78 is 1.24. The number of aromatic nitrogens is 1. The van der Waals surface area contributed by atoms with Crippen molar-refractivity contribution in [3.05, 3.63) is 29.3 Å². The van der Waals surface area contributed by atoms with Gasteiger partial charge in [-0.15, -0.1) is 11.3 Å². The summed E-state index contributed by atoms with van der Waals surface area (Å²) in [6.07, 6.45) is 1.86. The Kier molecular flexibility index (Phi) is 3.36. The van der Waals surface area contributed by atoms with Crippen LogP contribution in [-0.2, 0) is 6.42 Å². The van der Waals surface area contributed by atoms with Crippen LogP contribution in [-0.4, -0.2) is 17.5 Å². The van der Waals surface area contributed by atoms with Crippen LogP contribution in [0.5, 0.6) is 0 Å². The summed E-state index contributed by atoms with van der Waals surface area (Å²) in [5.41, 5.74) is 11.6. The Morgan fingerprint density at radius 3 is 2.88 bits per heavy atom. The molecule has 1 aromatic carbocycles. The number of benzene rings is 1. The molecule has 2 rings (SSSR count). The highest BCUT2D eigenvalue weighted by Crippen LogP contribution is 2.22. The van der Waals surface area contributed by atoms with Crippen LogP contribution >= 0.6 is 11.3 Å². The molecule has 2 aromatic rings. The number of aryl methyl sites for hydroxylation is 1. The van der Waals surface area contributed by atoms with Gasteiger partial charge in [-0.1, -0.05) is 12.1 Å². The molecule has 0 amide bonds. The third-order valence-corrected chi connectivity index (χ3v) is 3.28. The van der Waals surface area contributed by atoms with E-state index in [-0.39, 0.29) is 5.96 Å². The lowest BCUT2D eigenvalue weighted by atomic mass is 10.3. The molecule has 1 heterocycles. The quantitative estimate of drug-likeness (QED) is 0.478.